The van der Waals surface area contributed by atoms with Gasteiger partial charge >= 0.3 is 12.1 Å². The molecule has 2 atom stereocenters. The van der Waals surface area contributed by atoms with Gasteiger partial charge in [-0.15, -0.1) is 0 Å². The molecule has 1 amide bonds. The van der Waals surface area contributed by atoms with Crippen LogP contribution in [0, 0.1) is 0 Å². The van der Waals surface area contributed by atoms with Crippen LogP contribution in [0.1, 0.15) is 40.6 Å². The summed E-state index contributed by atoms with van der Waals surface area (Å²) >= 11 is 6.05. The van der Waals surface area contributed by atoms with Gasteiger partial charge in [-0.25, -0.2) is 19.7 Å². The van der Waals surface area contributed by atoms with Gasteiger partial charge in [0.1, 0.15) is 30.0 Å². The second-order valence-corrected chi connectivity index (χ2v) is 7.92. The van der Waals surface area contributed by atoms with Crippen molar-refractivity contribution in [3.8, 4) is 0 Å². The summed E-state index contributed by atoms with van der Waals surface area (Å²) in [6.45, 7) is -0.739. The van der Waals surface area contributed by atoms with E-state index in [2.05, 4.69) is 20.3 Å². The van der Waals surface area contributed by atoms with Crippen molar-refractivity contribution in [2.75, 3.05) is 29.9 Å². The van der Waals surface area contributed by atoms with Crippen molar-refractivity contribution in [3.05, 3.63) is 40.4 Å². The Hall–Kier alpha value is -3.15. The number of hydrogen-bond acceptors (Lipinski definition) is 7. The quantitative estimate of drug-likeness (QED) is 0.609. The lowest BCUT2D eigenvalue weighted by atomic mass is 10.0. The molecule has 4 rings (SSSR count). The second kappa shape index (κ2) is 8.41. The highest BCUT2D eigenvalue weighted by Gasteiger charge is 2.36. The largest absolute Gasteiger partial charge is 0.477 e. The van der Waals surface area contributed by atoms with Crippen molar-refractivity contribution >= 4 is 35.1 Å². The van der Waals surface area contributed by atoms with Crippen LogP contribution in [0.3, 0.4) is 0 Å². The summed E-state index contributed by atoms with van der Waals surface area (Å²) in [4.78, 5) is 38.5. The minimum Gasteiger partial charge on any atom is -0.477 e. The molecule has 32 heavy (non-hydrogen) atoms. The molecule has 2 aliphatic heterocycles. The lowest BCUT2D eigenvalue weighted by Gasteiger charge is -2.26. The van der Waals surface area contributed by atoms with E-state index in [1.54, 1.807) is 6.07 Å². The van der Waals surface area contributed by atoms with E-state index in [-0.39, 0.29) is 17.3 Å². The Labute approximate surface area is 185 Å². The molecule has 0 saturated carbocycles. The van der Waals surface area contributed by atoms with Crippen LogP contribution in [0.5, 0.6) is 0 Å². The third-order valence-corrected chi connectivity index (χ3v) is 5.51. The Morgan fingerprint density at radius 2 is 2.09 bits per heavy atom. The van der Waals surface area contributed by atoms with Crippen molar-refractivity contribution in [1.29, 1.82) is 0 Å². The van der Waals surface area contributed by atoms with Crippen LogP contribution in [0.4, 0.5) is 24.8 Å². The number of rotatable bonds is 5. The molecule has 1 saturated heterocycles. The summed E-state index contributed by atoms with van der Waals surface area (Å²) in [7, 11) is 0. The van der Waals surface area contributed by atoms with Gasteiger partial charge in [-0.3, -0.25) is 4.79 Å². The van der Waals surface area contributed by atoms with E-state index in [1.807, 2.05) is 5.32 Å². The van der Waals surface area contributed by atoms with Crippen LogP contribution in [0.25, 0.3) is 0 Å². The normalized spacial score (nSPS) is 20.1. The van der Waals surface area contributed by atoms with Gasteiger partial charge in [-0.2, -0.15) is 13.2 Å². The molecule has 0 radical (unpaired) electrons. The molecule has 1 unspecified atom stereocenters. The highest BCUT2D eigenvalue weighted by Crippen LogP contribution is 2.36. The van der Waals surface area contributed by atoms with Crippen LogP contribution in [-0.4, -0.2) is 63.8 Å². The van der Waals surface area contributed by atoms with Crippen molar-refractivity contribution in [2.24, 2.45) is 0 Å². The van der Waals surface area contributed by atoms with Gasteiger partial charge in [0.05, 0.1) is 10.9 Å². The Morgan fingerprint density at radius 1 is 1.31 bits per heavy atom. The molecule has 3 N–H and O–H groups in total. The molecule has 0 spiro atoms. The number of alkyl halides is 3. The first-order chi connectivity index (χ1) is 15.1. The lowest BCUT2D eigenvalue weighted by molar-refractivity contribution is -0.139. The zero-order valence-corrected chi connectivity index (χ0v) is 17.2. The van der Waals surface area contributed by atoms with Gasteiger partial charge in [0, 0.05) is 30.9 Å². The first kappa shape index (κ1) is 22.1. The standard InChI is InChI=1S/C19H18ClF3N6O3/c20-9-4-10-11(7-25-15(10)24-6-9)16-27-12(18(31)32)5-14(28-16)29-3-1-2-13(29)17(30)26-8-19(21,22)23/h4-6,11,13H,1-3,7-8H2,(H,24,25)(H,26,30)(H,31,32)/t11?,13-/m1/s1. The highest BCUT2D eigenvalue weighted by atomic mass is 35.5. The molecule has 1 fully saturated rings. The van der Waals surface area contributed by atoms with Gasteiger partial charge < -0.3 is 20.6 Å². The minimum atomic E-state index is -4.53. The fraction of sp³-hybridized carbons (Fsp3) is 0.421. The zero-order valence-electron chi connectivity index (χ0n) is 16.5. The Bertz CT molecular complexity index is 1070. The van der Waals surface area contributed by atoms with E-state index in [0.717, 1.165) is 0 Å². The summed E-state index contributed by atoms with van der Waals surface area (Å²) in [5.74, 6) is -1.58. The van der Waals surface area contributed by atoms with Crippen LogP contribution in [0.15, 0.2) is 18.3 Å². The number of nitrogens with one attached hydrogen (secondary N) is 2. The molecule has 170 valence electrons. The number of aromatic nitrogens is 3. The van der Waals surface area contributed by atoms with Gasteiger partial charge in [0.2, 0.25) is 5.91 Å². The molecule has 2 aromatic rings. The molecule has 9 nitrogen and oxygen atoms in total. The first-order valence-corrected chi connectivity index (χ1v) is 10.1. The zero-order chi connectivity index (χ0) is 23.0. The van der Waals surface area contributed by atoms with E-state index in [1.165, 1.54) is 17.2 Å². The molecule has 4 heterocycles. The second-order valence-electron chi connectivity index (χ2n) is 7.48. The van der Waals surface area contributed by atoms with Crippen LogP contribution >= 0.6 is 11.6 Å². The molecule has 13 heteroatoms. The van der Waals surface area contributed by atoms with E-state index < -0.39 is 36.6 Å². The SMILES string of the molecule is O=C(O)c1cc(N2CCC[C@@H]2C(=O)NCC(F)(F)F)nc(C2CNc3ncc(Cl)cc32)n1. The van der Waals surface area contributed by atoms with Gasteiger partial charge in [-0.1, -0.05) is 11.6 Å². The molecule has 2 aliphatic rings. The lowest BCUT2D eigenvalue weighted by Crippen LogP contribution is -2.46. The molecule has 0 aliphatic carbocycles. The van der Waals surface area contributed by atoms with Gasteiger partial charge in [0.25, 0.3) is 0 Å². The van der Waals surface area contributed by atoms with Crippen molar-refractivity contribution in [3.63, 3.8) is 0 Å². The number of fused-ring (bicyclic) bond motifs is 1. The molecular weight excluding hydrogens is 453 g/mol. The monoisotopic (exact) mass is 470 g/mol. The number of carbonyl (C=O) groups is 2. The summed E-state index contributed by atoms with van der Waals surface area (Å²) in [6, 6.07) is 2.02. The number of halogens is 4. The predicted molar refractivity (Wildman–Crippen MR) is 108 cm³/mol. The number of carboxylic acid groups (broad SMARTS) is 1. The van der Waals surface area contributed by atoms with E-state index >= 15 is 0 Å². The maximum Gasteiger partial charge on any atom is 0.405 e. The summed E-state index contributed by atoms with van der Waals surface area (Å²) in [5.41, 5.74) is 0.418. The average Bonchev–Trinajstić information content (AvgIpc) is 3.38. The van der Waals surface area contributed by atoms with Crippen LogP contribution < -0.4 is 15.5 Å². The molecule has 0 aromatic carbocycles. The molecule has 0 bridgehead atoms. The maximum absolute atomic E-state index is 12.5. The summed E-state index contributed by atoms with van der Waals surface area (Å²) in [6.07, 6.45) is -2.20. The Morgan fingerprint density at radius 3 is 2.81 bits per heavy atom. The molecular formula is C19H18ClF3N6O3. The number of hydrogen-bond donors (Lipinski definition) is 3. The van der Waals surface area contributed by atoms with Crippen molar-refractivity contribution < 1.29 is 27.9 Å². The third-order valence-electron chi connectivity index (χ3n) is 5.31. The molecule has 2 aromatic heterocycles. The van der Waals surface area contributed by atoms with Gasteiger partial charge in [0.15, 0.2) is 5.69 Å². The van der Waals surface area contributed by atoms with E-state index in [9.17, 15) is 27.9 Å². The Balaban J connectivity index is 1.66. The van der Waals surface area contributed by atoms with Crippen LogP contribution in [-0.2, 0) is 4.79 Å². The van der Waals surface area contributed by atoms with Crippen LogP contribution in [0.2, 0.25) is 5.02 Å². The fourth-order valence-electron chi connectivity index (χ4n) is 3.89. The van der Waals surface area contributed by atoms with Crippen molar-refractivity contribution in [2.45, 2.75) is 31.0 Å². The predicted octanol–water partition coefficient (Wildman–Crippen LogP) is 2.43. The smallest absolute Gasteiger partial charge is 0.405 e. The van der Waals surface area contributed by atoms with Crippen molar-refractivity contribution in [1.82, 2.24) is 20.3 Å². The maximum atomic E-state index is 12.5. The van der Waals surface area contributed by atoms with E-state index in [4.69, 9.17) is 11.6 Å². The van der Waals surface area contributed by atoms with Gasteiger partial charge in [-0.05, 0) is 18.9 Å². The first-order valence-electron chi connectivity index (χ1n) is 9.75. The fourth-order valence-corrected chi connectivity index (χ4v) is 4.06. The van der Waals surface area contributed by atoms with E-state index in [0.29, 0.717) is 42.3 Å². The number of anilines is 2. The Kier molecular flexibility index (Phi) is 5.80. The topological polar surface area (TPSA) is 120 Å². The minimum absolute atomic E-state index is 0.167. The summed E-state index contributed by atoms with van der Waals surface area (Å²) in [5, 5.41) is 14.9. The number of aromatic carboxylic acids is 1. The number of pyridine rings is 1. The number of nitrogens with zero attached hydrogens (tertiary/aromatic N) is 4. The highest BCUT2D eigenvalue weighted by molar-refractivity contribution is 6.30. The number of carboxylic acids is 1. The third kappa shape index (κ3) is 4.54. The summed E-state index contributed by atoms with van der Waals surface area (Å²) < 4.78 is 37.5. The number of carbonyl (C=O) groups excluding carboxylic acids is 1. The number of amides is 1. The average molecular weight is 471 g/mol.